The van der Waals surface area contributed by atoms with E-state index in [4.69, 9.17) is 2.74 Å². The quantitative estimate of drug-likeness (QED) is 0.660. The second-order valence-electron chi connectivity index (χ2n) is 4.80. The average Bonchev–Trinajstić information content (AvgIpc) is 2.73. The van der Waals surface area contributed by atoms with Crippen LogP contribution in [0.25, 0.3) is 0 Å². The van der Waals surface area contributed by atoms with Gasteiger partial charge in [-0.15, -0.1) is 0 Å². The zero-order chi connectivity index (χ0) is 12.0. The van der Waals surface area contributed by atoms with E-state index in [2.05, 4.69) is 4.90 Å². The molecule has 0 amide bonds. The van der Waals surface area contributed by atoms with Crippen LogP contribution >= 0.6 is 0 Å². The topological polar surface area (TPSA) is 3.24 Å². The highest BCUT2D eigenvalue weighted by molar-refractivity contribution is 5.18. The van der Waals surface area contributed by atoms with Gasteiger partial charge in [0.25, 0.3) is 0 Å². The van der Waals surface area contributed by atoms with Crippen molar-refractivity contribution in [2.75, 3.05) is 13.1 Å². The van der Waals surface area contributed by atoms with Crippen molar-refractivity contribution >= 4 is 0 Å². The van der Waals surface area contributed by atoms with Crippen LogP contribution in [-0.4, -0.2) is 23.5 Å². The third-order valence-corrected chi connectivity index (χ3v) is 3.25. The Labute approximate surface area is 88.8 Å². The van der Waals surface area contributed by atoms with E-state index in [0.717, 1.165) is 25.0 Å². The molecule has 0 N–H and O–H groups in total. The van der Waals surface area contributed by atoms with Crippen LogP contribution in [0.15, 0.2) is 11.9 Å². The molecule has 0 aromatic heterocycles. The molecule has 80 valence electrons. The molecule has 1 nitrogen and oxygen atoms in total. The number of rotatable bonds is 2. The Morgan fingerprint density at radius 3 is 3.14 bits per heavy atom. The van der Waals surface area contributed by atoms with Gasteiger partial charge in [0, 0.05) is 14.8 Å². The lowest BCUT2D eigenvalue weighted by atomic mass is 9.84. The Kier molecular flexibility index (Phi) is 2.05. The lowest BCUT2D eigenvalue weighted by molar-refractivity contribution is 0.163. The predicted molar refractivity (Wildman–Crippen MR) is 56.8 cm³/mol. The fourth-order valence-electron chi connectivity index (χ4n) is 2.87. The first-order valence-corrected chi connectivity index (χ1v) is 5.47. The number of nitrogens with zero attached hydrogens (tertiary/aromatic N) is 1. The molecule has 2 aliphatic heterocycles. The summed E-state index contributed by atoms with van der Waals surface area (Å²) in [6.45, 7) is 5.36. The van der Waals surface area contributed by atoms with E-state index >= 15 is 0 Å². The molecular weight excluding hydrogens is 177 g/mol. The van der Waals surface area contributed by atoms with Crippen LogP contribution in [-0.2, 0) is 0 Å². The first-order valence-electron chi connectivity index (χ1n) is 6.47. The van der Waals surface area contributed by atoms with Gasteiger partial charge in [-0.2, -0.15) is 0 Å². The summed E-state index contributed by atoms with van der Waals surface area (Å²) < 4.78 is 29.3. The van der Waals surface area contributed by atoms with Gasteiger partial charge in [-0.25, -0.2) is 4.39 Å². The lowest BCUT2D eigenvalue weighted by Gasteiger charge is -2.33. The van der Waals surface area contributed by atoms with Crippen LogP contribution in [0.5, 0.6) is 0 Å². The maximum Gasteiger partial charge on any atom is 0.0872 e. The minimum absolute atomic E-state index is 0.0351. The molecule has 0 aliphatic carbocycles. The summed E-state index contributed by atoms with van der Waals surface area (Å²) in [5.74, 6) is -0.0351. The molecule has 0 spiro atoms. The highest BCUT2D eigenvalue weighted by Gasteiger charge is 2.46. The lowest BCUT2D eigenvalue weighted by Crippen LogP contribution is -2.39. The molecule has 0 bridgehead atoms. The first kappa shape index (κ1) is 7.86. The third kappa shape index (κ3) is 1.60. The van der Waals surface area contributed by atoms with Gasteiger partial charge in [0.05, 0.1) is 6.33 Å². The molecule has 0 radical (unpaired) electrons. The van der Waals surface area contributed by atoms with Crippen molar-refractivity contribution in [3.8, 4) is 0 Å². The summed E-state index contributed by atoms with van der Waals surface area (Å²) in [6.07, 6.45) is 1.89. The summed E-state index contributed by atoms with van der Waals surface area (Å²) in [4.78, 5) is 2.15. The van der Waals surface area contributed by atoms with E-state index in [1.165, 1.54) is 0 Å². The maximum atomic E-state index is 12.7. The van der Waals surface area contributed by atoms with Crippen molar-refractivity contribution in [2.24, 2.45) is 5.92 Å². The molecule has 0 aromatic carbocycles. The van der Waals surface area contributed by atoms with Crippen molar-refractivity contribution in [3.63, 3.8) is 0 Å². The molecule has 2 saturated heterocycles. The largest absolute Gasteiger partial charge is 0.293 e. The van der Waals surface area contributed by atoms with Crippen molar-refractivity contribution in [1.29, 1.82) is 0 Å². The van der Waals surface area contributed by atoms with Gasteiger partial charge in [0.2, 0.25) is 0 Å². The molecule has 1 atom stereocenters. The molecule has 2 heterocycles. The van der Waals surface area contributed by atoms with E-state index in [1.807, 2.05) is 13.8 Å². The summed E-state index contributed by atoms with van der Waals surface area (Å²) >= 11 is 0. The van der Waals surface area contributed by atoms with E-state index in [0.29, 0.717) is 19.3 Å². The standard InChI is InChI=1S/C12H20FN/c1-10(2)6-12-4-3-5-14(12)9-11(7-12)8-13/h8,10H,3-7,9H2,1-2H3/b11-8-/t12-/m0/s1/i6D2. The van der Waals surface area contributed by atoms with Crippen molar-refractivity contribution in [3.05, 3.63) is 11.9 Å². The van der Waals surface area contributed by atoms with Gasteiger partial charge in [-0.3, -0.25) is 4.90 Å². The predicted octanol–water partition coefficient (Wildman–Crippen LogP) is 3.12. The minimum Gasteiger partial charge on any atom is -0.293 e. The number of fused-ring (bicyclic) bond motifs is 1. The average molecular weight is 199 g/mol. The number of halogens is 1. The summed E-state index contributed by atoms with van der Waals surface area (Å²) in [5, 5.41) is 0. The van der Waals surface area contributed by atoms with Gasteiger partial charge in [0.15, 0.2) is 0 Å². The molecule has 2 heteroatoms. The Balaban J connectivity index is 2.35. The molecule has 2 fully saturated rings. The SMILES string of the molecule is [2H]C([2H])(C(C)C)[C@]12CCCN1C/C(=C\F)C2. The number of hydrogen-bond acceptors (Lipinski definition) is 1. The zero-order valence-corrected chi connectivity index (χ0v) is 9.02. The Morgan fingerprint density at radius 2 is 2.50 bits per heavy atom. The van der Waals surface area contributed by atoms with Gasteiger partial charge < -0.3 is 0 Å². The fraction of sp³-hybridized carbons (Fsp3) is 0.833. The first-order chi connectivity index (χ1) is 7.44. The molecule has 0 unspecified atom stereocenters. The molecule has 2 aliphatic rings. The zero-order valence-electron chi connectivity index (χ0n) is 11.0. The van der Waals surface area contributed by atoms with E-state index < -0.39 is 11.9 Å². The van der Waals surface area contributed by atoms with Crippen molar-refractivity contribution in [1.82, 2.24) is 4.90 Å². The highest BCUT2D eigenvalue weighted by atomic mass is 19.1. The Bertz CT molecular complexity index is 314. The maximum absolute atomic E-state index is 12.7. The monoisotopic (exact) mass is 199 g/mol. The Hall–Kier alpha value is -0.370. The van der Waals surface area contributed by atoms with Gasteiger partial charge in [-0.1, -0.05) is 13.8 Å². The summed E-state index contributed by atoms with van der Waals surface area (Å²) in [6, 6.07) is 0. The third-order valence-electron chi connectivity index (χ3n) is 3.25. The van der Waals surface area contributed by atoms with Crippen LogP contribution in [0.4, 0.5) is 4.39 Å². The normalized spacial score (nSPS) is 39.0. The fourth-order valence-corrected chi connectivity index (χ4v) is 2.87. The van der Waals surface area contributed by atoms with Crippen molar-refractivity contribution < 1.29 is 7.13 Å². The highest BCUT2D eigenvalue weighted by Crippen LogP contribution is 2.45. The van der Waals surface area contributed by atoms with Crippen LogP contribution in [0.1, 0.15) is 42.2 Å². The van der Waals surface area contributed by atoms with Crippen LogP contribution in [0.2, 0.25) is 0 Å². The molecule has 14 heavy (non-hydrogen) atoms. The van der Waals surface area contributed by atoms with E-state index in [9.17, 15) is 4.39 Å². The number of hydrogen-bond donors (Lipinski definition) is 0. The smallest absolute Gasteiger partial charge is 0.0872 e. The Morgan fingerprint density at radius 1 is 1.71 bits per heavy atom. The van der Waals surface area contributed by atoms with E-state index in [-0.39, 0.29) is 5.92 Å². The van der Waals surface area contributed by atoms with Gasteiger partial charge >= 0.3 is 0 Å². The second-order valence-corrected chi connectivity index (χ2v) is 4.80. The van der Waals surface area contributed by atoms with E-state index in [1.54, 1.807) is 0 Å². The molecule has 2 rings (SSSR count). The van der Waals surface area contributed by atoms with Crippen LogP contribution in [0.3, 0.4) is 0 Å². The molecule has 0 aromatic rings. The summed E-state index contributed by atoms with van der Waals surface area (Å²) in [7, 11) is 0. The minimum atomic E-state index is -1.24. The van der Waals surface area contributed by atoms with Gasteiger partial charge in [-0.05, 0) is 43.7 Å². The van der Waals surface area contributed by atoms with Crippen LogP contribution < -0.4 is 0 Å². The second kappa shape index (κ2) is 3.65. The van der Waals surface area contributed by atoms with Gasteiger partial charge in [0.1, 0.15) is 0 Å². The summed E-state index contributed by atoms with van der Waals surface area (Å²) in [5.41, 5.74) is 0.309. The van der Waals surface area contributed by atoms with Crippen molar-refractivity contribution in [2.45, 2.75) is 45.0 Å². The van der Waals surface area contributed by atoms with Crippen LogP contribution in [0, 0.1) is 5.92 Å². The molecular formula is C12H20FN. The molecule has 0 saturated carbocycles.